The Morgan fingerprint density at radius 1 is 1.50 bits per heavy atom. The Labute approximate surface area is 109 Å². The molecule has 2 N–H and O–H groups in total. The number of nitrogen functional groups attached to an aromatic ring is 1. The van der Waals surface area contributed by atoms with Gasteiger partial charge in [-0.25, -0.2) is 4.39 Å². The summed E-state index contributed by atoms with van der Waals surface area (Å²) in [4.78, 5) is 0. The Kier molecular flexibility index (Phi) is 2.55. The van der Waals surface area contributed by atoms with Crippen LogP contribution in [0.2, 0.25) is 5.02 Å². The van der Waals surface area contributed by atoms with Gasteiger partial charge in [0.05, 0.1) is 10.6 Å². The first-order valence-corrected chi connectivity index (χ1v) is 6.16. The molecule has 2 atom stereocenters. The van der Waals surface area contributed by atoms with Crippen molar-refractivity contribution < 1.29 is 8.91 Å². The van der Waals surface area contributed by atoms with Crippen LogP contribution in [0, 0.1) is 11.7 Å². The van der Waals surface area contributed by atoms with Crippen LogP contribution in [0.1, 0.15) is 25.0 Å². The third-order valence-corrected chi connectivity index (χ3v) is 3.70. The van der Waals surface area contributed by atoms with Gasteiger partial charge in [-0.3, -0.25) is 0 Å². The molecule has 1 saturated carbocycles. The molecule has 2 aromatic rings. The zero-order valence-corrected chi connectivity index (χ0v) is 10.5. The van der Waals surface area contributed by atoms with Gasteiger partial charge in [0.15, 0.2) is 5.82 Å². The molecule has 1 fully saturated rings. The zero-order valence-electron chi connectivity index (χ0n) is 9.78. The van der Waals surface area contributed by atoms with Crippen LogP contribution < -0.4 is 5.73 Å². The Balaban J connectivity index is 2.16. The second-order valence-corrected chi connectivity index (χ2v) is 5.14. The summed E-state index contributed by atoms with van der Waals surface area (Å²) in [5.74, 6) is 1.21. The number of rotatable bonds is 2. The molecule has 0 radical (unpaired) electrons. The number of nitrogens with zero attached hydrogens (tertiary/aromatic N) is 1. The Morgan fingerprint density at radius 3 is 2.89 bits per heavy atom. The highest BCUT2D eigenvalue weighted by molar-refractivity contribution is 6.31. The first kappa shape index (κ1) is 11.5. The Morgan fingerprint density at radius 2 is 2.22 bits per heavy atom. The van der Waals surface area contributed by atoms with Crippen molar-refractivity contribution in [3.63, 3.8) is 0 Å². The molecular formula is C13H12ClFN2O. The van der Waals surface area contributed by atoms with E-state index in [0.717, 1.165) is 6.42 Å². The van der Waals surface area contributed by atoms with Gasteiger partial charge < -0.3 is 10.3 Å². The average molecular weight is 267 g/mol. The van der Waals surface area contributed by atoms with Crippen molar-refractivity contribution in [2.45, 2.75) is 19.3 Å². The first-order chi connectivity index (χ1) is 8.59. The summed E-state index contributed by atoms with van der Waals surface area (Å²) in [5, 5.41) is 3.82. The fourth-order valence-electron chi connectivity index (χ4n) is 2.22. The molecule has 1 heterocycles. The van der Waals surface area contributed by atoms with Crippen LogP contribution in [-0.4, -0.2) is 5.16 Å². The van der Waals surface area contributed by atoms with Crippen LogP contribution >= 0.6 is 11.6 Å². The summed E-state index contributed by atoms with van der Waals surface area (Å²) in [7, 11) is 0. The average Bonchev–Trinajstić information content (AvgIpc) is 2.93. The van der Waals surface area contributed by atoms with Crippen molar-refractivity contribution in [2.75, 3.05) is 5.73 Å². The molecule has 0 bridgehead atoms. The van der Waals surface area contributed by atoms with Crippen LogP contribution in [0.25, 0.3) is 11.1 Å². The van der Waals surface area contributed by atoms with E-state index in [0.29, 0.717) is 22.8 Å². The van der Waals surface area contributed by atoms with E-state index in [1.165, 1.54) is 6.07 Å². The van der Waals surface area contributed by atoms with Gasteiger partial charge >= 0.3 is 0 Å². The molecule has 3 nitrogen and oxygen atoms in total. The normalized spacial score (nSPS) is 22.2. The molecule has 0 aliphatic heterocycles. The SMILES string of the molecule is CC1CC1c1onc(N)c1-c1cccc(Cl)c1F. The van der Waals surface area contributed by atoms with E-state index in [4.69, 9.17) is 21.9 Å². The summed E-state index contributed by atoms with van der Waals surface area (Å²) in [6.07, 6.45) is 1.02. The smallest absolute Gasteiger partial charge is 0.175 e. The zero-order chi connectivity index (χ0) is 12.9. The van der Waals surface area contributed by atoms with Crippen LogP contribution in [0.3, 0.4) is 0 Å². The molecule has 1 aliphatic carbocycles. The van der Waals surface area contributed by atoms with Crippen molar-refractivity contribution in [1.82, 2.24) is 5.16 Å². The van der Waals surface area contributed by atoms with E-state index in [-0.39, 0.29) is 16.8 Å². The molecule has 1 aliphatic rings. The van der Waals surface area contributed by atoms with E-state index < -0.39 is 5.82 Å². The lowest BCUT2D eigenvalue weighted by atomic mass is 10.0. The molecule has 2 unspecified atom stereocenters. The standard InChI is InChI=1S/C13H12ClFN2O/c1-6-5-8(6)12-10(13(16)17-18-12)7-3-2-4-9(14)11(7)15/h2-4,6,8H,5H2,1H3,(H2,16,17). The maximum Gasteiger partial charge on any atom is 0.175 e. The highest BCUT2D eigenvalue weighted by Gasteiger charge is 2.40. The fraction of sp³-hybridized carbons (Fsp3) is 0.308. The minimum absolute atomic E-state index is 0.0721. The van der Waals surface area contributed by atoms with Gasteiger partial charge in [0.2, 0.25) is 0 Å². The topological polar surface area (TPSA) is 52.0 Å². The van der Waals surface area contributed by atoms with Crippen LogP contribution in [0.4, 0.5) is 10.2 Å². The number of benzene rings is 1. The molecule has 5 heteroatoms. The quantitative estimate of drug-likeness (QED) is 0.898. The Bertz CT molecular complexity index is 611. The van der Waals surface area contributed by atoms with Gasteiger partial charge in [-0.2, -0.15) is 0 Å². The summed E-state index contributed by atoms with van der Waals surface area (Å²) in [5.41, 5.74) is 6.69. The van der Waals surface area contributed by atoms with E-state index >= 15 is 0 Å². The monoisotopic (exact) mass is 266 g/mol. The van der Waals surface area contributed by atoms with Gasteiger partial charge in [0.1, 0.15) is 11.6 Å². The van der Waals surface area contributed by atoms with Crippen LogP contribution in [-0.2, 0) is 0 Å². The molecule has 3 rings (SSSR count). The summed E-state index contributed by atoms with van der Waals surface area (Å²) >= 11 is 5.79. The largest absolute Gasteiger partial charge is 0.380 e. The highest BCUT2D eigenvalue weighted by Crippen LogP contribution is 2.51. The second-order valence-electron chi connectivity index (χ2n) is 4.73. The highest BCUT2D eigenvalue weighted by atomic mass is 35.5. The molecule has 0 amide bonds. The maximum atomic E-state index is 14.0. The van der Waals surface area contributed by atoms with Crippen molar-refractivity contribution in [1.29, 1.82) is 0 Å². The van der Waals surface area contributed by atoms with E-state index in [2.05, 4.69) is 12.1 Å². The maximum absolute atomic E-state index is 14.0. The van der Waals surface area contributed by atoms with Gasteiger partial charge in [0.25, 0.3) is 0 Å². The lowest BCUT2D eigenvalue weighted by molar-refractivity contribution is 0.384. The summed E-state index contributed by atoms with van der Waals surface area (Å²) in [6, 6.07) is 4.83. The van der Waals surface area contributed by atoms with E-state index in [9.17, 15) is 4.39 Å². The van der Waals surface area contributed by atoms with Gasteiger partial charge in [0, 0.05) is 11.5 Å². The van der Waals surface area contributed by atoms with Gasteiger partial charge in [-0.1, -0.05) is 35.8 Å². The lowest BCUT2D eigenvalue weighted by Gasteiger charge is -2.04. The van der Waals surface area contributed by atoms with Crippen molar-refractivity contribution in [2.24, 2.45) is 5.92 Å². The summed E-state index contributed by atoms with van der Waals surface area (Å²) in [6.45, 7) is 2.11. The lowest BCUT2D eigenvalue weighted by Crippen LogP contribution is -1.93. The summed E-state index contributed by atoms with van der Waals surface area (Å²) < 4.78 is 19.3. The minimum atomic E-state index is -0.483. The van der Waals surface area contributed by atoms with E-state index in [1.54, 1.807) is 12.1 Å². The molecular weight excluding hydrogens is 255 g/mol. The predicted octanol–water partition coefficient (Wildman–Crippen LogP) is 3.84. The van der Waals surface area contributed by atoms with Crippen molar-refractivity contribution in [3.05, 3.63) is 34.8 Å². The number of hydrogen-bond donors (Lipinski definition) is 1. The molecule has 1 aromatic heterocycles. The van der Waals surface area contributed by atoms with Gasteiger partial charge in [-0.15, -0.1) is 0 Å². The number of nitrogens with two attached hydrogens (primary N) is 1. The van der Waals surface area contributed by atoms with Crippen LogP contribution in [0.15, 0.2) is 22.7 Å². The van der Waals surface area contributed by atoms with E-state index in [1.807, 2.05) is 0 Å². The molecule has 18 heavy (non-hydrogen) atoms. The number of aromatic nitrogens is 1. The molecule has 0 spiro atoms. The third-order valence-electron chi connectivity index (χ3n) is 3.41. The number of anilines is 1. The predicted molar refractivity (Wildman–Crippen MR) is 67.8 cm³/mol. The molecule has 1 aromatic carbocycles. The third kappa shape index (κ3) is 1.68. The van der Waals surface area contributed by atoms with Crippen LogP contribution in [0.5, 0.6) is 0 Å². The second kappa shape index (κ2) is 3.99. The van der Waals surface area contributed by atoms with Crippen molar-refractivity contribution >= 4 is 17.4 Å². The minimum Gasteiger partial charge on any atom is -0.380 e. The first-order valence-electron chi connectivity index (χ1n) is 5.79. The fourth-order valence-corrected chi connectivity index (χ4v) is 2.40. The molecule has 94 valence electrons. The Hall–Kier alpha value is -1.55. The molecule has 0 saturated heterocycles. The number of halogens is 2. The number of hydrogen-bond acceptors (Lipinski definition) is 3. The van der Waals surface area contributed by atoms with Gasteiger partial charge in [-0.05, 0) is 18.4 Å². The van der Waals surface area contributed by atoms with Crippen molar-refractivity contribution in [3.8, 4) is 11.1 Å².